The molecule has 29 heavy (non-hydrogen) atoms. The molecule has 4 rings (SSSR count). The number of hydrogen-bond acceptors (Lipinski definition) is 6. The van der Waals surface area contributed by atoms with E-state index in [1.165, 1.54) is 23.0 Å². The van der Waals surface area contributed by atoms with Crippen molar-refractivity contribution in [1.82, 2.24) is 19.0 Å². The third-order valence-electron chi connectivity index (χ3n) is 5.20. The number of amides is 2. The number of carbonyl (C=O) groups excluding carboxylic acids is 1. The highest BCUT2D eigenvalue weighted by Crippen LogP contribution is 2.28. The molecule has 2 aliphatic rings. The zero-order valence-electron chi connectivity index (χ0n) is 16.1. The lowest BCUT2D eigenvalue weighted by molar-refractivity contribution is 0.225. The molecular formula is C18H23FN6O3S. The van der Waals surface area contributed by atoms with Crippen molar-refractivity contribution in [2.75, 3.05) is 49.5 Å². The van der Waals surface area contributed by atoms with Crippen LogP contribution >= 0.6 is 0 Å². The van der Waals surface area contributed by atoms with Gasteiger partial charge in [0, 0.05) is 58.2 Å². The molecule has 156 valence electrons. The Morgan fingerprint density at radius 3 is 2.48 bits per heavy atom. The normalized spacial score (nSPS) is 19.2. The van der Waals surface area contributed by atoms with Gasteiger partial charge in [0.05, 0.1) is 0 Å². The van der Waals surface area contributed by atoms with Gasteiger partial charge in [-0.25, -0.2) is 13.5 Å². The van der Waals surface area contributed by atoms with Gasteiger partial charge in [-0.2, -0.15) is 13.5 Å². The molecule has 0 bridgehead atoms. The number of halogens is 1. The molecule has 0 unspecified atom stereocenters. The van der Waals surface area contributed by atoms with Gasteiger partial charge in [0.2, 0.25) is 5.03 Å². The van der Waals surface area contributed by atoms with Crippen LogP contribution in [-0.4, -0.2) is 72.7 Å². The summed E-state index contributed by atoms with van der Waals surface area (Å²) >= 11 is 0. The van der Waals surface area contributed by atoms with Gasteiger partial charge in [0.15, 0.2) is 0 Å². The van der Waals surface area contributed by atoms with Gasteiger partial charge in [-0.1, -0.05) is 0 Å². The van der Waals surface area contributed by atoms with E-state index in [0.29, 0.717) is 13.0 Å². The molecule has 0 radical (unpaired) electrons. The van der Waals surface area contributed by atoms with Crippen LogP contribution in [0.15, 0.2) is 35.5 Å². The third kappa shape index (κ3) is 3.92. The van der Waals surface area contributed by atoms with Crippen molar-refractivity contribution in [2.45, 2.75) is 11.4 Å². The summed E-state index contributed by atoms with van der Waals surface area (Å²) in [5, 5.41) is 6.42. The Morgan fingerprint density at radius 1 is 1.10 bits per heavy atom. The lowest BCUT2D eigenvalue weighted by atomic mass is 10.2. The lowest BCUT2D eigenvalue weighted by Crippen LogP contribution is -2.48. The Balaban J connectivity index is 1.30. The van der Waals surface area contributed by atoms with Crippen LogP contribution in [0.25, 0.3) is 0 Å². The zero-order valence-corrected chi connectivity index (χ0v) is 16.9. The summed E-state index contributed by atoms with van der Waals surface area (Å²) in [7, 11) is -2.32. The Morgan fingerprint density at radius 2 is 1.79 bits per heavy atom. The van der Waals surface area contributed by atoms with Crippen molar-refractivity contribution < 1.29 is 17.6 Å². The molecule has 0 atom stereocenters. The molecule has 2 aliphatic heterocycles. The lowest BCUT2D eigenvalue weighted by Gasteiger charge is -2.36. The van der Waals surface area contributed by atoms with Crippen LogP contribution < -0.4 is 10.2 Å². The summed E-state index contributed by atoms with van der Waals surface area (Å²) in [4.78, 5) is 16.7. The highest BCUT2D eigenvalue weighted by atomic mass is 32.2. The molecular weight excluding hydrogens is 399 g/mol. The average Bonchev–Trinajstić information content (AvgIpc) is 3.07. The van der Waals surface area contributed by atoms with Crippen LogP contribution in [0.4, 0.5) is 20.6 Å². The number of benzene rings is 1. The van der Waals surface area contributed by atoms with E-state index in [-0.39, 0.29) is 23.1 Å². The quantitative estimate of drug-likeness (QED) is 0.781. The molecule has 3 heterocycles. The minimum Gasteiger partial charge on any atom is -0.369 e. The van der Waals surface area contributed by atoms with Gasteiger partial charge in [-0.15, -0.1) is 0 Å². The molecule has 1 aromatic heterocycles. The van der Waals surface area contributed by atoms with E-state index < -0.39 is 16.1 Å². The van der Waals surface area contributed by atoms with Crippen molar-refractivity contribution >= 4 is 27.4 Å². The van der Waals surface area contributed by atoms with E-state index in [1.807, 2.05) is 0 Å². The predicted molar refractivity (Wildman–Crippen MR) is 106 cm³/mol. The number of rotatable bonds is 5. The number of aromatic nitrogens is 2. The number of urea groups is 1. The molecule has 9 nitrogen and oxygen atoms in total. The van der Waals surface area contributed by atoms with Gasteiger partial charge in [-0.05, 0) is 30.7 Å². The molecule has 2 amide bonds. The van der Waals surface area contributed by atoms with Crippen LogP contribution in [-0.2, 0) is 17.1 Å². The summed E-state index contributed by atoms with van der Waals surface area (Å²) in [6.07, 6.45) is 2.01. The molecule has 1 aromatic carbocycles. The predicted octanol–water partition coefficient (Wildman–Crippen LogP) is 1.31. The summed E-state index contributed by atoms with van der Waals surface area (Å²) in [6.45, 7) is 4.05. The Kier molecular flexibility index (Phi) is 5.17. The highest BCUT2D eigenvalue weighted by molar-refractivity contribution is 7.89. The van der Waals surface area contributed by atoms with E-state index in [9.17, 15) is 17.6 Å². The average molecular weight is 422 g/mol. The van der Waals surface area contributed by atoms with Crippen LogP contribution in [0.1, 0.15) is 6.42 Å². The fourth-order valence-corrected chi connectivity index (χ4v) is 5.13. The summed E-state index contributed by atoms with van der Waals surface area (Å²) in [6, 6.07) is 5.82. The highest BCUT2D eigenvalue weighted by Gasteiger charge is 2.39. The zero-order chi connectivity index (χ0) is 20.6. The minimum absolute atomic E-state index is 0.0996. The number of piperazine rings is 1. The van der Waals surface area contributed by atoms with Crippen LogP contribution in [0.5, 0.6) is 0 Å². The maximum absolute atomic E-state index is 13.1. The number of aryl methyl sites for hydroxylation is 1. The topological polar surface area (TPSA) is 90.8 Å². The Labute approximate surface area is 168 Å². The number of carbonyl (C=O) groups is 1. The molecule has 1 saturated heterocycles. The fourth-order valence-electron chi connectivity index (χ4n) is 3.68. The van der Waals surface area contributed by atoms with Gasteiger partial charge in [0.1, 0.15) is 11.5 Å². The van der Waals surface area contributed by atoms with Gasteiger partial charge in [0.25, 0.3) is 10.0 Å². The number of hydrogen-bond donors (Lipinski definition) is 1. The van der Waals surface area contributed by atoms with E-state index in [0.717, 1.165) is 36.2 Å². The molecule has 2 aromatic rings. The molecule has 1 fully saturated rings. The van der Waals surface area contributed by atoms with Crippen LogP contribution in [0.2, 0.25) is 0 Å². The maximum Gasteiger partial charge on any atom is 0.335 e. The fraction of sp³-hybridized carbons (Fsp3) is 0.444. The van der Waals surface area contributed by atoms with E-state index in [2.05, 4.69) is 20.2 Å². The molecule has 11 heteroatoms. The van der Waals surface area contributed by atoms with Crippen LogP contribution in [0.3, 0.4) is 0 Å². The van der Waals surface area contributed by atoms with E-state index >= 15 is 0 Å². The molecule has 0 aliphatic carbocycles. The first-order chi connectivity index (χ1) is 13.8. The summed E-state index contributed by atoms with van der Waals surface area (Å²) in [5.74, 6) is -0.248. The number of anilines is 2. The van der Waals surface area contributed by atoms with Gasteiger partial charge in [-0.3, -0.25) is 9.58 Å². The first-order valence-electron chi connectivity index (χ1n) is 9.45. The first kappa shape index (κ1) is 19.6. The van der Waals surface area contributed by atoms with Gasteiger partial charge < -0.3 is 10.2 Å². The first-order valence-corrected chi connectivity index (χ1v) is 10.9. The standard InChI is InChI=1S/C18H23FN6O3S/c1-22-13-16-17(21-22)29(27,28)25(18(26)20-16)8-2-7-23-9-11-24(12-10-23)15-5-3-14(19)4-6-15/h3-6,13H,2,7-12H2,1H3,(H,20,26). The SMILES string of the molecule is Cn1cc2c(n1)S(=O)(=O)N(CCCN1CCN(c3ccc(F)cc3)CC1)C(=O)N2. The van der Waals surface area contributed by atoms with E-state index in [1.54, 1.807) is 19.2 Å². The van der Waals surface area contributed by atoms with Crippen molar-refractivity contribution in [3.05, 3.63) is 36.3 Å². The maximum atomic E-state index is 13.1. The molecule has 0 saturated carbocycles. The molecule has 1 N–H and O–H groups in total. The van der Waals surface area contributed by atoms with E-state index in [4.69, 9.17) is 0 Å². The largest absolute Gasteiger partial charge is 0.369 e. The monoisotopic (exact) mass is 422 g/mol. The van der Waals surface area contributed by atoms with Crippen molar-refractivity contribution in [1.29, 1.82) is 0 Å². The minimum atomic E-state index is -3.93. The van der Waals surface area contributed by atoms with Crippen molar-refractivity contribution in [3.8, 4) is 0 Å². The second-order valence-electron chi connectivity index (χ2n) is 7.19. The number of sulfonamides is 1. The van der Waals surface area contributed by atoms with Gasteiger partial charge >= 0.3 is 6.03 Å². The van der Waals surface area contributed by atoms with Crippen molar-refractivity contribution in [2.24, 2.45) is 7.05 Å². The summed E-state index contributed by atoms with van der Waals surface area (Å²) in [5.41, 5.74) is 1.21. The smallest absolute Gasteiger partial charge is 0.335 e. The Hall–Kier alpha value is -2.66. The second kappa shape index (κ2) is 7.64. The van der Waals surface area contributed by atoms with Crippen LogP contribution in [0, 0.1) is 5.82 Å². The number of fused-ring (bicyclic) bond motifs is 1. The van der Waals surface area contributed by atoms with Crippen molar-refractivity contribution in [3.63, 3.8) is 0 Å². The molecule has 0 spiro atoms. The second-order valence-corrected chi connectivity index (χ2v) is 8.97. The summed E-state index contributed by atoms with van der Waals surface area (Å²) < 4.78 is 40.6. The number of nitrogens with one attached hydrogen (secondary N) is 1. The number of nitrogens with zero attached hydrogens (tertiary/aromatic N) is 5. The Bertz CT molecular complexity index is 999. The third-order valence-corrected chi connectivity index (χ3v) is 6.92.